The number of hydrogen-bond acceptors (Lipinski definition) is 6. The van der Waals surface area contributed by atoms with E-state index in [1.807, 2.05) is 13.8 Å². The van der Waals surface area contributed by atoms with E-state index in [1.54, 1.807) is 19.2 Å². The van der Waals surface area contributed by atoms with Crippen LogP contribution in [0.15, 0.2) is 33.9 Å². The second-order valence-electron chi connectivity index (χ2n) is 7.51. The zero-order valence-electron chi connectivity index (χ0n) is 18.0. The Morgan fingerprint density at radius 3 is 2.58 bits per heavy atom. The molecule has 0 spiro atoms. The van der Waals surface area contributed by atoms with Gasteiger partial charge in [0.1, 0.15) is 11.6 Å². The van der Waals surface area contributed by atoms with Gasteiger partial charge in [0, 0.05) is 32.6 Å². The van der Waals surface area contributed by atoms with Crippen LogP contribution in [-0.4, -0.2) is 41.5 Å². The molecule has 31 heavy (non-hydrogen) atoms. The van der Waals surface area contributed by atoms with E-state index in [-0.39, 0.29) is 41.4 Å². The maximum Gasteiger partial charge on any atom is 0.330 e. The van der Waals surface area contributed by atoms with Gasteiger partial charge in [0.05, 0.1) is 5.75 Å². The molecule has 0 saturated carbocycles. The maximum absolute atomic E-state index is 13.0. The molecule has 3 N–H and O–H groups in total. The van der Waals surface area contributed by atoms with Crippen molar-refractivity contribution in [1.29, 1.82) is 0 Å². The number of halogens is 1. The number of nitrogen functional groups attached to an aromatic ring is 1. The van der Waals surface area contributed by atoms with Gasteiger partial charge in [-0.1, -0.05) is 26.0 Å². The molecule has 0 radical (unpaired) electrons. The first kappa shape index (κ1) is 24.7. The standard InChI is InChI=1S/C21H29FN4O4S/c1-14(2)11-26-19(23)18(20(28)24-21(26)29)25(9-4-10-30-3)17(27)13-31-12-15-5-7-16(22)8-6-15/h5-8,14H,4,9-13,23H2,1-3H3,(H,24,28,29). The van der Waals surface area contributed by atoms with Crippen LogP contribution < -0.4 is 21.9 Å². The fourth-order valence-electron chi connectivity index (χ4n) is 3.03. The molecular weight excluding hydrogens is 423 g/mol. The van der Waals surface area contributed by atoms with E-state index in [2.05, 4.69) is 4.98 Å². The first-order valence-corrected chi connectivity index (χ1v) is 11.1. The topological polar surface area (TPSA) is 110 Å². The van der Waals surface area contributed by atoms with Crippen LogP contribution in [0.5, 0.6) is 0 Å². The highest BCUT2D eigenvalue weighted by Gasteiger charge is 2.24. The number of carbonyl (C=O) groups is 1. The van der Waals surface area contributed by atoms with Crippen LogP contribution in [0.25, 0.3) is 0 Å². The van der Waals surface area contributed by atoms with Crippen LogP contribution in [0.4, 0.5) is 15.9 Å². The average Bonchev–Trinajstić information content (AvgIpc) is 2.71. The van der Waals surface area contributed by atoms with Crippen LogP contribution in [0, 0.1) is 11.7 Å². The molecular formula is C21H29FN4O4S. The molecule has 0 bridgehead atoms. The molecule has 0 atom stereocenters. The highest BCUT2D eigenvalue weighted by molar-refractivity contribution is 7.99. The summed E-state index contributed by atoms with van der Waals surface area (Å²) in [7, 11) is 1.55. The van der Waals surface area contributed by atoms with Crippen molar-refractivity contribution >= 4 is 29.2 Å². The fraction of sp³-hybridized carbons (Fsp3) is 0.476. The number of hydrogen-bond donors (Lipinski definition) is 2. The number of nitrogens with zero attached hydrogens (tertiary/aromatic N) is 2. The number of benzene rings is 1. The summed E-state index contributed by atoms with van der Waals surface area (Å²) >= 11 is 1.35. The number of carbonyl (C=O) groups excluding carboxylic acids is 1. The summed E-state index contributed by atoms with van der Waals surface area (Å²) < 4.78 is 19.4. The number of H-pyrrole nitrogens is 1. The SMILES string of the molecule is COCCCN(C(=O)CSCc1ccc(F)cc1)c1c(N)n(CC(C)C)c(=O)[nH]c1=O. The Kier molecular flexibility index (Phi) is 9.32. The molecule has 10 heteroatoms. The molecule has 8 nitrogen and oxygen atoms in total. The molecule has 1 aromatic carbocycles. The Morgan fingerprint density at radius 2 is 1.97 bits per heavy atom. The quantitative estimate of drug-likeness (QED) is 0.506. The third-order valence-electron chi connectivity index (χ3n) is 4.47. The summed E-state index contributed by atoms with van der Waals surface area (Å²) in [5.74, 6) is 0.0540. The Hall–Kier alpha value is -2.59. The van der Waals surface area contributed by atoms with Crippen molar-refractivity contribution in [2.24, 2.45) is 5.92 Å². The van der Waals surface area contributed by atoms with Crippen molar-refractivity contribution in [2.75, 3.05) is 36.6 Å². The van der Waals surface area contributed by atoms with Crippen LogP contribution in [-0.2, 0) is 21.8 Å². The van der Waals surface area contributed by atoms with Crippen molar-refractivity contribution in [3.8, 4) is 0 Å². The lowest BCUT2D eigenvalue weighted by molar-refractivity contribution is -0.116. The maximum atomic E-state index is 13.0. The summed E-state index contributed by atoms with van der Waals surface area (Å²) in [5, 5.41) is 0. The number of aromatic amines is 1. The number of methoxy groups -OCH3 is 1. The van der Waals surface area contributed by atoms with E-state index < -0.39 is 11.2 Å². The Morgan fingerprint density at radius 1 is 1.29 bits per heavy atom. The van der Waals surface area contributed by atoms with Crippen molar-refractivity contribution in [3.05, 3.63) is 56.5 Å². The lowest BCUT2D eigenvalue weighted by atomic mass is 10.2. The van der Waals surface area contributed by atoms with E-state index in [1.165, 1.54) is 33.4 Å². The molecule has 0 aliphatic carbocycles. The van der Waals surface area contributed by atoms with Gasteiger partial charge in [-0.3, -0.25) is 19.1 Å². The number of ether oxygens (including phenoxy) is 1. The Bertz CT molecular complexity index is 988. The van der Waals surface area contributed by atoms with Gasteiger partial charge < -0.3 is 15.4 Å². The van der Waals surface area contributed by atoms with Gasteiger partial charge in [-0.15, -0.1) is 11.8 Å². The normalized spacial score (nSPS) is 11.1. The van der Waals surface area contributed by atoms with Gasteiger partial charge in [-0.2, -0.15) is 0 Å². The molecule has 1 aromatic heterocycles. The highest BCUT2D eigenvalue weighted by Crippen LogP contribution is 2.20. The predicted octanol–water partition coefficient (Wildman–Crippen LogP) is 2.22. The summed E-state index contributed by atoms with van der Waals surface area (Å²) in [6.07, 6.45) is 0.493. The van der Waals surface area contributed by atoms with E-state index >= 15 is 0 Å². The van der Waals surface area contributed by atoms with Crippen molar-refractivity contribution < 1.29 is 13.9 Å². The van der Waals surface area contributed by atoms with Gasteiger partial charge in [-0.05, 0) is 30.0 Å². The lowest BCUT2D eigenvalue weighted by Gasteiger charge is -2.25. The van der Waals surface area contributed by atoms with Crippen LogP contribution in [0.2, 0.25) is 0 Å². The van der Waals surface area contributed by atoms with E-state index in [9.17, 15) is 18.8 Å². The predicted molar refractivity (Wildman–Crippen MR) is 122 cm³/mol. The third kappa shape index (κ3) is 6.96. The number of aromatic nitrogens is 2. The first-order chi connectivity index (χ1) is 14.7. The second kappa shape index (κ2) is 11.7. The molecule has 2 aromatic rings. The summed E-state index contributed by atoms with van der Waals surface area (Å²) in [6, 6.07) is 6.06. The van der Waals surface area contributed by atoms with E-state index in [0.29, 0.717) is 25.3 Å². The first-order valence-electron chi connectivity index (χ1n) is 9.98. The molecule has 2 rings (SSSR count). The molecule has 1 heterocycles. The number of rotatable bonds is 11. The van der Waals surface area contributed by atoms with Crippen molar-refractivity contribution in [3.63, 3.8) is 0 Å². The smallest absolute Gasteiger partial charge is 0.330 e. The number of nitrogens with one attached hydrogen (secondary N) is 1. The van der Waals surface area contributed by atoms with Crippen LogP contribution >= 0.6 is 11.8 Å². The van der Waals surface area contributed by atoms with Gasteiger partial charge in [0.15, 0.2) is 5.69 Å². The largest absolute Gasteiger partial charge is 0.385 e. The molecule has 0 saturated heterocycles. The van der Waals surface area contributed by atoms with Crippen molar-refractivity contribution in [1.82, 2.24) is 9.55 Å². The Balaban J connectivity index is 2.26. The average molecular weight is 453 g/mol. The number of amides is 1. The minimum atomic E-state index is -0.697. The van der Waals surface area contributed by atoms with Crippen molar-refractivity contribution in [2.45, 2.75) is 32.6 Å². The molecule has 170 valence electrons. The zero-order chi connectivity index (χ0) is 23.0. The zero-order valence-corrected chi connectivity index (χ0v) is 18.8. The van der Waals surface area contributed by atoms with Gasteiger partial charge in [0.25, 0.3) is 5.56 Å². The summed E-state index contributed by atoms with van der Waals surface area (Å²) in [4.78, 5) is 41.4. The van der Waals surface area contributed by atoms with E-state index in [4.69, 9.17) is 10.5 Å². The molecule has 0 aliphatic heterocycles. The molecule has 0 aliphatic rings. The number of nitrogens with two attached hydrogens (primary N) is 1. The van der Waals surface area contributed by atoms with E-state index in [0.717, 1.165) is 5.56 Å². The highest BCUT2D eigenvalue weighted by atomic mass is 32.2. The fourth-order valence-corrected chi connectivity index (χ4v) is 3.89. The van der Waals surface area contributed by atoms with Crippen LogP contribution in [0.1, 0.15) is 25.8 Å². The number of anilines is 2. The van der Waals surface area contributed by atoms with Gasteiger partial charge in [0.2, 0.25) is 5.91 Å². The third-order valence-corrected chi connectivity index (χ3v) is 5.46. The summed E-state index contributed by atoms with van der Waals surface area (Å²) in [6.45, 7) is 4.77. The van der Waals surface area contributed by atoms with Crippen LogP contribution in [0.3, 0.4) is 0 Å². The van der Waals surface area contributed by atoms with Gasteiger partial charge in [-0.25, -0.2) is 9.18 Å². The molecule has 1 amide bonds. The monoisotopic (exact) mass is 452 g/mol. The van der Waals surface area contributed by atoms with Gasteiger partial charge >= 0.3 is 5.69 Å². The minimum absolute atomic E-state index is 0.0243. The summed E-state index contributed by atoms with van der Waals surface area (Å²) in [5.41, 5.74) is 5.74. The minimum Gasteiger partial charge on any atom is -0.385 e. The lowest BCUT2D eigenvalue weighted by Crippen LogP contribution is -2.42. The second-order valence-corrected chi connectivity index (χ2v) is 8.49. The number of thioether (sulfide) groups is 1. The molecule has 0 unspecified atom stereocenters. The Labute approximate surface area is 184 Å². The molecule has 0 fully saturated rings.